The molecule has 0 spiro atoms. The van der Waals surface area contributed by atoms with Gasteiger partial charge in [0, 0.05) is 9.90 Å². The molecule has 9 heteroatoms. The van der Waals surface area contributed by atoms with E-state index in [-0.39, 0.29) is 21.1 Å². The highest BCUT2D eigenvalue weighted by molar-refractivity contribution is 7.92. The van der Waals surface area contributed by atoms with Crippen molar-refractivity contribution in [2.24, 2.45) is 0 Å². The molecule has 0 saturated carbocycles. The lowest BCUT2D eigenvalue weighted by Gasteiger charge is -2.07. The molecule has 3 aromatic heterocycles. The maximum atomic E-state index is 13.5. The lowest BCUT2D eigenvalue weighted by Crippen LogP contribution is -2.08. The summed E-state index contributed by atoms with van der Waals surface area (Å²) in [7, 11) is -3.94. The van der Waals surface area contributed by atoms with Crippen molar-refractivity contribution < 1.29 is 8.42 Å². The number of sulfone groups is 1. The summed E-state index contributed by atoms with van der Waals surface area (Å²) in [6, 6.07) is 17.3. The van der Waals surface area contributed by atoms with E-state index in [1.165, 1.54) is 24.3 Å². The van der Waals surface area contributed by atoms with Gasteiger partial charge < -0.3 is 10.3 Å². The predicted molar refractivity (Wildman–Crippen MR) is 120 cm³/mol. The fourth-order valence-electron chi connectivity index (χ4n) is 3.40. The second-order valence-corrected chi connectivity index (χ2v) is 10.1. The smallest absolute Gasteiger partial charge is 0.212 e. The summed E-state index contributed by atoms with van der Waals surface area (Å²) in [5.74, 6) is 0.114. The molecule has 5 aromatic rings. The van der Waals surface area contributed by atoms with Gasteiger partial charge in [0.05, 0.1) is 22.5 Å². The maximum Gasteiger partial charge on any atom is 0.212 e. The van der Waals surface area contributed by atoms with E-state index in [0.29, 0.717) is 28.2 Å². The van der Waals surface area contributed by atoms with Gasteiger partial charge in [0.25, 0.3) is 0 Å². The highest BCUT2D eigenvalue weighted by atomic mass is 35.5. The summed E-state index contributed by atoms with van der Waals surface area (Å²) in [5, 5.41) is 2.41. The third-order valence-electron chi connectivity index (χ3n) is 4.83. The highest BCUT2D eigenvalue weighted by Gasteiger charge is 2.30. The Balaban J connectivity index is 1.83. The molecule has 0 fully saturated rings. The second-order valence-electron chi connectivity index (χ2n) is 6.72. The Hall–Kier alpha value is -2.94. The number of para-hydroxylation sites is 2. The number of rotatable bonds is 4. The minimum atomic E-state index is -3.94. The van der Waals surface area contributed by atoms with Crippen LogP contribution in [-0.4, -0.2) is 23.0 Å². The Bertz CT molecular complexity index is 1490. The normalized spacial score (nSPS) is 12.0. The van der Waals surface area contributed by atoms with Gasteiger partial charge >= 0.3 is 0 Å². The van der Waals surface area contributed by atoms with Crippen molar-refractivity contribution in [1.82, 2.24) is 14.5 Å². The number of hydrogen-bond acceptors (Lipinski definition) is 6. The Kier molecular flexibility index (Phi) is 4.50. The first-order valence-electron chi connectivity index (χ1n) is 9.02. The van der Waals surface area contributed by atoms with Crippen molar-refractivity contribution in [3.63, 3.8) is 0 Å². The van der Waals surface area contributed by atoms with Crippen LogP contribution in [0, 0.1) is 0 Å². The average molecular weight is 455 g/mol. The van der Waals surface area contributed by atoms with Crippen LogP contribution in [-0.2, 0) is 16.4 Å². The van der Waals surface area contributed by atoms with Gasteiger partial charge in [0.1, 0.15) is 16.2 Å². The van der Waals surface area contributed by atoms with Crippen LogP contribution in [0.15, 0.2) is 75.8 Å². The summed E-state index contributed by atoms with van der Waals surface area (Å²) >= 11 is 7.50. The first kappa shape index (κ1) is 19.0. The zero-order valence-electron chi connectivity index (χ0n) is 15.5. The first-order valence-corrected chi connectivity index (χ1v) is 11.8. The Morgan fingerprint density at radius 1 is 0.967 bits per heavy atom. The fraction of sp³-hybridized carbons (Fsp3) is 0.0476. The van der Waals surface area contributed by atoms with E-state index in [1.54, 1.807) is 22.0 Å². The molecule has 0 aliphatic heterocycles. The number of nitrogen functional groups attached to an aromatic ring is 1. The Morgan fingerprint density at radius 3 is 2.33 bits per heavy atom. The number of fused-ring (bicyclic) bond motifs is 2. The quantitative estimate of drug-likeness (QED) is 0.422. The molecule has 6 nitrogen and oxygen atoms in total. The predicted octanol–water partition coefficient (Wildman–Crippen LogP) is 4.76. The van der Waals surface area contributed by atoms with E-state index >= 15 is 0 Å². The minimum absolute atomic E-state index is 0.0327. The standard InChI is InChI=1S/C21H15ClN4O2S2/c22-13-7-9-15(10-8-13)30(27,28)19-18-21(25-17-6-2-1-5-16(17)24-18)26(20(19)23)12-14-4-3-11-29-14/h1-11H,12,23H2. The van der Waals surface area contributed by atoms with Gasteiger partial charge in [-0.15, -0.1) is 11.3 Å². The summed E-state index contributed by atoms with van der Waals surface area (Å²) < 4.78 is 28.8. The molecule has 3 heterocycles. The highest BCUT2D eigenvalue weighted by Crippen LogP contribution is 2.36. The van der Waals surface area contributed by atoms with Crippen molar-refractivity contribution in [3.8, 4) is 0 Å². The molecule has 0 unspecified atom stereocenters. The molecule has 0 amide bonds. The summed E-state index contributed by atoms with van der Waals surface area (Å²) in [5.41, 5.74) is 8.40. The van der Waals surface area contributed by atoms with Gasteiger partial charge in [-0.2, -0.15) is 0 Å². The molecule has 150 valence electrons. The van der Waals surface area contributed by atoms with Crippen molar-refractivity contribution in [2.75, 3.05) is 5.73 Å². The molecule has 2 aromatic carbocycles. The lowest BCUT2D eigenvalue weighted by molar-refractivity contribution is 0.597. The van der Waals surface area contributed by atoms with Crippen LogP contribution in [0.3, 0.4) is 0 Å². The second kappa shape index (κ2) is 7.09. The molecule has 5 rings (SSSR count). The monoisotopic (exact) mass is 454 g/mol. The van der Waals surface area contributed by atoms with Crippen LogP contribution in [0.2, 0.25) is 5.02 Å². The molecule has 0 radical (unpaired) electrons. The summed E-state index contributed by atoms with van der Waals surface area (Å²) in [4.78, 5) is 10.4. The largest absolute Gasteiger partial charge is 0.384 e. The van der Waals surface area contributed by atoms with Crippen molar-refractivity contribution in [2.45, 2.75) is 16.3 Å². The van der Waals surface area contributed by atoms with Crippen LogP contribution >= 0.6 is 22.9 Å². The van der Waals surface area contributed by atoms with Crippen LogP contribution in [0.5, 0.6) is 0 Å². The van der Waals surface area contributed by atoms with Gasteiger partial charge in [-0.05, 0) is 47.8 Å². The molecule has 0 aliphatic rings. The minimum Gasteiger partial charge on any atom is -0.384 e. The van der Waals surface area contributed by atoms with Crippen molar-refractivity contribution >= 4 is 60.8 Å². The van der Waals surface area contributed by atoms with Crippen LogP contribution in [0.25, 0.3) is 22.2 Å². The lowest BCUT2D eigenvalue weighted by atomic mass is 10.3. The van der Waals surface area contributed by atoms with Gasteiger partial charge in [0.15, 0.2) is 5.65 Å². The SMILES string of the molecule is Nc1c(S(=O)(=O)c2ccc(Cl)cc2)c2nc3ccccc3nc2n1Cc1cccs1. The van der Waals surface area contributed by atoms with Crippen LogP contribution < -0.4 is 5.73 Å². The third-order valence-corrected chi connectivity index (χ3v) is 7.78. The van der Waals surface area contributed by atoms with E-state index in [0.717, 1.165) is 4.88 Å². The molecule has 0 saturated heterocycles. The zero-order chi connectivity index (χ0) is 20.9. The summed E-state index contributed by atoms with van der Waals surface area (Å²) in [6.45, 7) is 0.406. The summed E-state index contributed by atoms with van der Waals surface area (Å²) in [6.07, 6.45) is 0. The molecular weight excluding hydrogens is 440 g/mol. The molecule has 0 atom stereocenters. The van der Waals surface area contributed by atoms with Crippen LogP contribution in [0.1, 0.15) is 4.88 Å². The first-order chi connectivity index (χ1) is 14.4. The van der Waals surface area contributed by atoms with Crippen molar-refractivity contribution in [3.05, 3.63) is 75.9 Å². The van der Waals surface area contributed by atoms with Gasteiger partial charge in [-0.25, -0.2) is 18.4 Å². The zero-order valence-corrected chi connectivity index (χ0v) is 17.9. The number of anilines is 1. The molecule has 0 bridgehead atoms. The molecule has 0 aliphatic carbocycles. The maximum absolute atomic E-state index is 13.5. The molecule has 2 N–H and O–H groups in total. The van der Waals surface area contributed by atoms with E-state index in [4.69, 9.17) is 22.3 Å². The number of benzene rings is 2. The molecular formula is C21H15ClN4O2S2. The van der Waals surface area contributed by atoms with Gasteiger partial charge in [-0.1, -0.05) is 29.8 Å². The van der Waals surface area contributed by atoms with E-state index in [1.807, 2.05) is 35.7 Å². The van der Waals surface area contributed by atoms with Gasteiger partial charge in [-0.3, -0.25) is 0 Å². The van der Waals surface area contributed by atoms with E-state index in [9.17, 15) is 8.42 Å². The average Bonchev–Trinajstić information content (AvgIpc) is 3.34. The Labute approximate surface area is 181 Å². The number of nitrogens with zero attached hydrogens (tertiary/aromatic N) is 3. The van der Waals surface area contributed by atoms with Crippen molar-refractivity contribution in [1.29, 1.82) is 0 Å². The Morgan fingerprint density at radius 2 is 1.67 bits per heavy atom. The molecule has 30 heavy (non-hydrogen) atoms. The third kappa shape index (κ3) is 3.04. The number of halogens is 1. The number of thiophene rings is 1. The topological polar surface area (TPSA) is 90.9 Å². The van der Waals surface area contributed by atoms with E-state index < -0.39 is 9.84 Å². The van der Waals surface area contributed by atoms with Crippen LogP contribution in [0.4, 0.5) is 5.82 Å². The fourth-order valence-corrected chi connectivity index (χ4v) is 5.73. The number of aromatic nitrogens is 3. The van der Waals surface area contributed by atoms with E-state index in [2.05, 4.69) is 4.98 Å². The number of nitrogens with two attached hydrogens (primary N) is 1. The van der Waals surface area contributed by atoms with Gasteiger partial charge in [0.2, 0.25) is 9.84 Å². The number of hydrogen-bond donors (Lipinski definition) is 1.